The summed E-state index contributed by atoms with van der Waals surface area (Å²) in [7, 11) is -4.79. The van der Waals surface area contributed by atoms with E-state index < -0.39 is 67.4 Å². The molecule has 33 heavy (non-hydrogen) atoms. The molecule has 0 radical (unpaired) electrons. The zero-order valence-electron chi connectivity index (χ0n) is 18.8. The summed E-state index contributed by atoms with van der Waals surface area (Å²) in [5.74, 6) is -5.58. The third-order valence-corrected chi connectivity index (χ3v) is 5.38. The predicted molar refractivity (Wildman–Crippen MR) is 110 cm³/mol. The van der Waals surface area contributed by atoms with Crippen LogP contribution < -0.4 is 15.6 Å². The van der Waals surface area contributed by atoms with Crippen LogP contribution in [0, 0.1) is 5.92 Å². The Morgan fingerprint density at radius 3 is 1.58 bits per heavy atom. The van der Waals surface area contributed by atoms with Gasteiger partial charge in [-0.3, -0.25) is 9.59 Å². The van der Waals surface area contributed by atoms with Gasteiger partial charge < -0.3 is 20.3 Å². The quantitative estimate of drug-likeness (QED) is 0.288. The molecular weight excluding hydrogens is 503 g/mol. The monoisotopic (exact) mass is 533 g/mol. The second-order valence-electron chi connectivity index (χ2n) is 7.32. The van der Waals surface area contributed by atoms with E-state index in [4.69, 9.17) is 15.6 Å². The number of halogens is 3. The number of carboxylic acid groups (broad SMARTS) is 1. The van der Waals surface area contributed by atoms with Gasteiger partial charge in [0.05, 0.1) is 31.6 Å². The number of alkyl halides is 3. The van der Waals surface area contributed by atoms with Gasteiger partial charge in [0.2, 0.25) is 20.0 Å². The highest BCUT2D eigenvalue weighted by Gasteiger charge is 2.38. The molecule has 18 heteroatoms. The van der Waals surface area contributed by atoms with Crippen molar-refractivity contribution in [1.29, 1.82) is 0 Å². The third kappa shape index (κ3) is 22.9. The van der Waals surface area contributed by atoms with E-state index in [2.05, 4.69) is 19.3 Å². The number of sulfonamides is 2. The van der Waals surface area contributed by atoms with Crippen LogP contribution in [0.2, 0.25) is 0 Å². The molecule has 0 aliphatic rings. The molecule has 2 atom stereocenters. The van der Waals surface area contributed by atoms with Gasteiger partial charge in [0.15, 0.2) is 0 Å². The first-order valence-corrected chi connectivity index (χ1v) is 12.0. The van der Waals surface area contributed by atoms with Crippen LogP contribution in [0.15, 0.2) is 0 Å². The van der Waals surface area contributed by atoms with Gasteiger partial charge in [-0.1, -0.05) is 6.92 Å². The summed E-state index contributed by atoms with van der Waals surface area (Å²) in [4.78, 5) is 30.5. The van der Waals surface area contributed by atoms with E-state index in [0.29, 0.717) is 0 Å². The normalized spacial score (nSPS) is 13.8. The predicted octanol–water partition coefficient (Wildman–Crippen LogP) is -1.08. The number of esters is 2. The first-order chi connectivity index (χ1) is 14.4. The van der Waals surface area contributed by atoms with Crippen LogP contribution in [0.3, 0.4) is 0 Å². The number of primary sulfonamides is 1. The van der Waals surface area contributed by atoms with Crippen molar-refractivity contribution in [3.63, 3.8) is 0 Å². The van der Waals surface area contributed by atoms with Gasteiger partial charge in [-0.05, 0) is 20.8 Å². The number of nitrogens with two attached hydrogens (primary N) is 2. The Labute approximate surface area is 190 Å². The average Bonchev–Trinajstić information content (AvgIpc) is 2.56. The summed E-state index contributed by atoms with van der Waals surface area (Å²) in [6.07, 6.45) is -5.08. The van der Waals surface area contributed by atoms with E-state index in [0.717, 1.165) is 7.11 Å². The lowest BCUT2D eigenvalue weighted by Crippen LogP contribution is -2.43. The van der Waals surface area contributed by atoms with Crippen molar-refractivity contribution >= 4 is 38.0 Å². The molecule has 198 valence electrons. The Bertz CT molecular complexity index is 853. The molecule has 0 bridgehead atoms. The lowest BCUT2D eigenvalue weighted by Gasteiger charge is -2.21. The van der Waals surface area contributed by atoms with Crippen molar-refractivity contribution in [2.75, 3.05) is 25.7 Å². The Kier molecular flexibility index (Phi) is 15.4. The summed E-state index contributed by atoms with van der Waals surface area (Å²) in [5.41, 5.74) is 4.55. The highest BCUT2D eigenvalue weighted by molar-refractivity contribution is 7.89. The fourth-order valence-corrected chi connectivity index (χ4v) is 4.02. The number of hydrogen-bond acceptors (Lipinski definition) is 10. The summed E-state index contributed by atoms with van der Waals surface area (Å²) in [6.45, 7) is 6.75. The standard InChI is InChI=1S/C9H19NO4S.C4H10N2O4S.C2HF3O2/c1-7(8(11)14-5)6-15(12,13)10-9(2,3)4;1-10-4(7)3(5)2-11(6,8)9;3-2(4,5)1(6)7/h7,10H,6H2,1-5H3;3H,2,5H2,1H3,(H2,6,8,9);(H,6,7). The fourth-order valence-electron chi connectivity index (χ4n) is 1.58. The molecule has 13 nitrogen and oxygen atoms in total. The van der Waals surface area contributed by atoms with E-state index in [1.165, 1.54) is 14.0 Å². The molecular formula is C15H30F3N3O10S2. The number of aliphatic carboxylic acids is 1. The van der Waals surface area contributed by atoms with Crippen LogP contribution >= 0.6 is 0 Å². The second kappa shape index (κ2) is 14.3. The van der Waals surface area contributed by atoms with Gasteiger partial charge in [-0.2, -0.15) is 13.2 Å². The van der Waals surface area contributed by atoms with Gasteiger partial charge in [-0.15, -0.1) is 0 Å². The lowest BCUT2D eigenvalue weighted by molar-refractivity contribution is -0.192. The Hall–Kier alpha value is -2.02. The maximum absolute atomic E-state index is 11.6. The highest BCUT2D eigenvalue weighted by Crippen LogP contribution is 2.13. The van der Waals surface area contributed by atoms with Crippen LogP contribution in [-0.2, 0) is 43.9 Å². The maximum atomic E-state index is 11.6. The second-order valence-corrected chi connectivity index (χ2v) is 10.7. The number of ether oxygens (including phenoxy) is 2. The molecule has 2 unspecified atom stereocenters. The van der Waals surface area contributed by atoms with E-state index >= 15 is 0 Å². The smallest absolute Gasteiger partial charge is 0.475 e. The summed E-state index contributed by atoms with van der Waals surface area (Å²) < 4.78 is 86.7. The zero-order chi connectivity index (χ0) is 27.4. The molecule has 0 amide bonds. The Balaban J connectivity index is -0.000000439. The average molecular weight is 534 g/mol. The fraction of sp³-hybridized carbons (Fsp3) is 0.800. The van der Waals surface area contributed by atoms with Crippen molar-refractivity contribution in [2.24, 2.45) is 16.8 Å². The van der Waals surface area contributed by atoms with E-state index in [1.807, 2.05) is 0 Å². The molecule has 0 heterocycles. The number of carbonyl (C=O) groups excluding carboxylic acids is 2. The largest absolute Gasteiger partial charge is 0.490 e. The molecule has 0 rings (SSSR count). The first-order valence-electron chi connectivity index (χ1n) is 8.62. The number of carbonyl (C=O) groups is 3. The van der Waals surface area contributed by atoms with Gasteiger partial charge in [0.1, 0.15) is 6.04 Å². The van der Waals surface area contributed by atoms with Crippen LogP contribution in [0.25, 0.3) is 0 Å². The van der Waals surface area contributed by atoms with Crippen LogP contribution in [-0.4, -0.2) is 83.3 Å². The molecule has 0 saturated heterocycles. The minimum absolute atomic E-state index is 0.253. The third-order valence-electron chi connectivity index (χ3n) is 2.69. The summed E-state index contributed by atoms with van der Waals surface area (Å²) >= 11 is 0. The van der Waals surface area contributed by atoms with Crippen LogP contribution in [0.4, 0.5) is 13.2 Å². The number of nitrogens with one attached hydrogen (secondary N) is 1. The SMILES string of the molecule is COC(=O)C(C)CS(=O)(=O)NC(C)(C)C.COC(=O)C(N)CS(N)(=O)=O.O=C(O)C(F)(F)F. The van der Waals surface area contributed by atoms with Crippen LogP contribution in [0.5, 0.6) is 0 Å². The summed E-state index contributed by atoms with van der Waals surface area (Å²) in [5, 5.41) is 11.7. The molecule has 0 saturated carbocycles. The summed E-state index contributed by atoms with van der Waals surface area (Å²) in [6, 6.07) is -1.20. The number of hydrogen-bond donors (Lipinski definition) is 4. The van der Waals surface area contributed by atoms with Crippen molar-refractivity contribution in [3.05, 3.63) is 0 Å². The molecule has 0 aliphatic carbocycles. The number of rotatable bonds is 7. The zero-order valence-corrected chi connectivity index (χ0v) is 20.4. The Morgan fingerprint density at radius 1 is 0.970 bits per heavy atom. The minimum Gasteiger partial charge on any atom is -0.475 e. The molecule has 0 aromatic heterocycles. The first kappa shape index (κ1) is 35.6. The maximum Gasteiger partial charge on any atom is 0.490 e. The molecule has 0 aliphatic heterocycles. The number of methoxy groups -OCH3 is 2. The number of carboxylic acids is 1. The highest BCUT2D eigenvalue weighted by atomic mass is 32.2. The van der Waals surface area contributed by atoms with Crippen molar-refractivity contribution < 1.29 is 59.0 Å². The molecule has 6 N–H and O–H groups in total. The Morgan fingerprint density at radius 2 is 1.33 bits per heavy atom. The van der Waals surface area contributed by atoms with Gasteiger partial charge in [0.25, 0.3) is 0 Å². The molecule has 0 aromatic rings. The van der Waals surface area contributed by atoms with Crippen LogP contribution in [0.1, 0.15) is 27.7 Å². The van der Waals surface area contributed by atoms with E-state index in [9.17, 15) is 39.6 Å². The van der Waals surface area contributed by atoms with Crippen molar-refractivity contribution in [2.45, 2.75) is 45.5 Å². The van der Waals surface area contributed by atoms with E-state index in [1.54, 1.807) is 20.8 Å². The topological polar surface area (TPSA) is 222 Å². The molecule has 0 fully saturated rings. The van der Waals surface area contributed by atoms with Gasteiger partial charge in [0, 0.05) is 5.54 Å². The minimum atomic E-state index is -5.08. The van der Waals surface area contributed by atoms with Gasteiger partial charge >= 0.3 is 24.1 Å². The molecule has 0 spiro atoms. The van der Waals surface area contributed by atoms with Crippen molar-refractivity contribution in [1.82, 2.24) is 4.72 Å². The van der Waals surface area contributed by atoms with Crippen molar-refractivity contribution in [3.8, 4) is 0 Å². The van der Waals surface area contributed by atoms with E-state index in [-0.39, 0.29) is 5.75 Å². The lowest BCUT2D eigenvalue weighted by atomic mass is 10.1. The molecule has 0 aromatic carbocycles. The van der Waals surface area contributed by atoms with Gasteiger partial charge in [-0.25, -0.2) is 31.5 Å².